The van der Waals surface area contributed by atoms with Crippen molar-refractivity contribution in [2.45, 2.75) is 57.5 Å². The van der Waals surface area contributed by atoms with E-state index in [9.17, 15) is 4.79 Å². The van der Waals surface area contributed by atoms with Gasteiger partial charge in [0.1, 0.15) is 11.6 Å². The summed E-state index contributed by atoms with van der Waals surface area (Å²) in [6.07, 6.45) is 7.69. The Morgan fingerprint density at radius 2 is 1.92 bits per heavy atom. The van der Waals surface area contributed by atoms with Gasteiger partial charge in [-0.15, -0.1) is 0 Å². The number of anilines is 1. The Kier molecular flexibility index (Phi) is 4.63. The predicted octanol–water partition coefficient (Wildman–Crippen LogP) is 2.36. The molecule has 2 aliphatic heterocycles. The van der Waals surface area contributed by atoms with E-state index in [2.05, 4.69) is 17.3 Å². The predicted molar refractivity (Wildman–Crippen MR) is 97.3 cm³/mol. The molecule has 0 spiro atoms. The van der Waals surface area contributed by atoms with Crippen LogP contribution in [0.1, 0.15) is 61.6 Å². The number of fused-ring (bicyclic) bond motifs is 1. The van der Waals surface area contributed by atoms with Gasteiger partial charge in [0, 0.05) is 25.1 Å². The molecule has 1 aromatic rings. The Balaban J connectivity index is 1.60. The van der Waals surface area contributed by atoms with Crippen LogP contribution in [0.3, 0.4) is 0 Å². The van der Waals surface area contributed by atoms with Crippen molar-refractivity contribution >= 4 is 11.7 Å². The first-order valence-electron chi connectivity index (χ1n) is 9.74. The summed E-state index contributed by atoms with van der Waals surface area (Å²) in [5.74, 6) is 2.45. The van der Waals surface area contributed by atoms with E-state index in [1.807, 2.05) is 11.9 Å². The summed E-state index contributed by atoms with van der Waals surface area (Å²) in [6.45, 7) is 2.54. The average molecular weight is 343 g/mol. The highest BCUT2D eigenvalue weighted by Gasteiger charge is 2.32. The number of hydrogen-bond acceptors (Lipinski definition) is 5. The van der Waals surface area contributed by atoms with E-state index in [0.29, 0.717) is 18.5 Å². The molecule has 3 heterocycles. The second kappa shape index (κ2) is 6.90. The van der Waals surface area contributed by atoms with Crippen molar-refractivity contribution in [3.63, 3.8) is 0 Å². The van der Waals surface area contributed by atoms with Gasteiger partial charge in [-0.05, 0) is 45.7 Å². The van der Waals surface area contributed by atoms with Crippen molar-refractivity contribution in [1.29, 1.82) is 0 Å². The van der Waals surface area contributed by atoms with E-state index in [1.165, 1.54) is 24.8 Å². The number of carbonyl (C=O) groups excluding carboxylic acids is 1. The molecule has 6 nitrogen and oxygen atoms in total. The molecule has 0 bridgehead atoms. The molecule has 25 heavy (non-hydrogen) atoms. The number of likely N-dealkylation sites (tertiary alicyclic amines) is 1. The summed E-state index contributed by atoms with van der Waals surface area (Å²) >= 11 is 0. The van der Waals surface area contributed by atoms with Crippen LogP contribution in [-0.2, 0) is 17.8 Å². The summed E-state index contributed by atoms with van der Waals surface area (Å²) in [5.41, 5.74) is 2.25. The average Bonchev–Trinajstić information content (AvgIpc) is 3.31. The normalized spacial score (nSPS) is 24.6. The van der Waals surface area contributed by atoms with Gasteiger partial charge in [0.15, 0.2) is 0 Å². The molecule has 1 aromatic heterocycles. The highest BCUT2D eigenvalue weighted by Crippen LogP contribution is 2.33. The zero-order valence-electron chi connectivity index (χ0n) is 15.4. The monoisotopic (exact) mass is 343 g/mol. The molecular formula is C19H29N5O. The van der Waals surface area contributed by atoms with Gasteiger partial charge in [-0.2, -0.15) is 0 Å². The zero-order valence-corrected chi connectivity index (χ0v) is 15.4. The van der Waals surface area contributed by atoms with Gasteiger partial charge in [0.25, 0.3) is 0 Å². The third kappa shape index (κ3) is 3.12. The first-order valence-corrected chi connectivity index (χ1v) is 9.74. The molecular weight excluding hydrogens is 314 g/mol. The largest absolute Gasteiger partial charge is 0.373 e. The lowest BCUT2D eigenvalue weighted by Crippen LogP contribution is -2.40. The SMILES string of the molecule is CNc1nc([C@@H]2CCCN2C)nc2c1CCN(C(=O)C1CCCC1)C2. The second-order valence-corrected chi connectivity index (χ2v) is 7.74. The second-order valence-electron chi connectivity index (χ2n) is 7.74. The van der Waals surface area contributed by atoms with E-state index >= 15 is 0 Å². The lowest BCUT2D eigenvalue weighted by molar-refractivity contribution is -0.136. The number of nitrogens with zero attached hydrogens (tertiary/aromatic N) is 4. The van der Waals surface area contributed by atoms with Crippen LogP contribution in [0.5, 0.6) is 0 Å². The number of amides is 1. The van der Waals surface area contributed by atoms with Crippen LogP contribution in [0.4, 0.5) is 5.82 Å². The highest BCUT2D eigenvalue weighted by molar-refractivity contribution is 5.79. The zero-order chi connectivity index (χ0) is 17.4. The minimum absolute atomic E-state index is 0.243. The molecule has 136 valence electrons. The van der Waals surface area contributed by atoms with E-state index in [4.69, 9.17) is 9.97 Å². The Bertz CT molecular complexity index is 655. The lowest BCUT2D eigenvalue weighted by Gasteiger charge is -2.32. The smallest absolute Gasteiger partial charge is 0.226 e. The van der Waals surface area contributed by atoms with Gasteiger partial charge in [-0.25, -0.2) is 9.97 Å². The Morgan fingerprint density at radius 3 is 2.60 bits per heavy atom. The third-order valence-corrected chi connectivity index (χ3v) is 6.15. The van der Waals surface area contributed by atoms with E-state index in [0.717, 1.165) is 56.1 Å². The highest BCUT2D eigenvalue weighted by atomic mass is 16.2. The standard InChI is InChI=1S/C19H29N5O/c1-20-17-14-9-11-24(19(25)13-6-3-4-7-13)12-15(14)21-18(22-17)16-8-5-10-23(16)2/h13,16H,3-12H2,1-2H3,(H,20,21,22)/t16-/m0/s1. The van der Waals surface area contributed by atoms with Crippen LogP contribution < -0.4 is 5.32 Å². The fraction of sp³-hybridized carbons (Fsp3) is 0.737. The first-order chi connectivity index (χ1) is 12.2. The van der Waals surface area contributed by atoms with Crippen LogP contribution in [0.2, 0.25) is 0 Å². The fourth-order valence-corrected chi connectivity index (χ4v) is 4.66. The Morgan fingerprint density at radius 1 is 1.12 bits per heavy atom. The minimum atomic E-state index is 0.243. The van der Waals surface area contributed by atoms with Crippen molar-refractivity contribution in [3.05, 3.63) is 17.1 Å². The van der Waals surface area contributed by atoms with Gasteiger partial charge in [-0.3, -0.25) is 9.69 Å². The quantitative estimate of drug-likeness (QED) is 0.913. The molecule has 0 unspecified atom stereocenters. The van der Waals surface area contributed by atoms with E-state index < -0.39 is 0 Å². The van der Waals surface area contributed by atoms with Crippen molar-refractivity contribution in [2.24, 2.45) is 5.92 Å². The molecule has 4 rings (SSSR count). The molecule has 2 fully saturated rings. The molecule has 1 amide bonds. The minimum Gasteiger partial charge on any atom is -0.373 e. The topological polar surface area (TPSA) is 61.4 Å². The third-order valence-electron chi connectivity index (χ3n) is 6.15. The number of rotatable bonds is 3. The summed E-state index contributed by atoms with van der Waals surface area (Å²) in [5, 5.41) is 3.26. The van der Waals surface area contributed by atoms with Gasteiger partial charge < -0.3 is 10.2 Å². The maximum atomic E-state index is 12.8. The summed E-state index contributed by atoms with van der Waals surface area (Å²) < 4.78 is 0. The van der Waals surface area contributed by atoms with Crippen LogP contribution in [0.25, 0.3) is 0 Å². The molecule has 1 saturated carbocycles. The Hall–Kier alpha value is -1.69. The molecule has 1 saturated heterocycles. The molecule has 6 heteroatoms. The van der Waals surface area contributed by atoms with Crippen molar-refractivity contribution in [2.75, 3.05) is 32.5 Å². The summed E-state index contributed by atoms with van der Waals surface area (Å²) in [4.78, 5) is 26.9. The van der Waals surface area contributed by atoms with Gasteiger partial charge in [0.2, 0.25) is 5.91 Å². The van der Waals surface area contributed by atoms with Crippen LogP contribution >= 0.6 is 0 Å². The number of aromatic nitrogens is 2. The molecule has 1 aliphatic carbocycles. The van der Waals surface area contributed by atoms with Crippen molar-refractivity contribution in [1.82, 2.24) is 19.8 Å². The lowest BCUT2D eigenvalue weighted by atomic mass is 10.0. The number of nitrogens with one attached hydrogen (secondary N) is 1. The van der Waals surface area contributed by atoms with Gasteiger partial charge >= 0.3 is 0 Å². The van der Waals surface area contributed by atoms with Crippen molar-refractivity contribution < 1.29 is 4.79 Å². The molecule has 1 atom stereocenters. The van der Waals surface area contributed by atoms with Gasteiger partial charge in [0.05, 0.1) is 18.3 Å². The number of hydrogen-bond donors (Lipinski definition) is 1. The molecule has 0 radical (unpaired) electrons. The Labute approximate surface area is 150 Å². The van der Waals surface area contributed by atoms with Gasteiger partial charge in [-0.1, -0.05) is 12.8 Å². The maximum absolute atomic E-state index is 12.8. The first kappa shape index (κ1) is 16.8. The fourth-order valence-electron chi connectivity index (χ4n) is 4.66. The number of carbonyl (C=O) groups is 1. The van der Waals surface area contributed by atoms with Crippen LogP contribution in [0, 0.1) is 5.92 Å². The van der Waals surface area contributed by atoms with Crippen molar-refractivity contribution in [3.8, 4) is 0 Å². The maximum Gasteiger partial charge on any atom is 0.226 e. The molecule has 1 N–H and O–H groups in total. The summed E-state index contributed by atoms with van der Waals surface area (Å²) in [6, 6.07) is 0.304. The molecule has 3 aliphatic rings. The van der Waals surface area contributed by atoms with Crippen LogP contribution in [0.15, 0.2) is 0 Å². The molecule has 0 aromatic carbocycles. The van der Waals surface area contributed by atoms with E-state index in [-0.39, 0.29) is 5.92 Å². The van der Waals surface area contributed by atoms with E-state index in [1.54, 1.807) is 0 Å². The van der Waals surface area contributed by atoms with Crippen LogP contribution in [-0.4, -0.2) is 52.9 Å². The summed E-state index contributed by atoms with van der Waals surface area (Å²) in [7, 11) is 4.08.